The van der Waals surface area contributed by atoms with E-state index in [9.17, 15) is 4.79 Å². The van der Waals surface area contributed by atoms with Gasteiger partial charge in [0.25, 0.3) is 0 Å². The van der Waals surface area contributed by atoms with Crippen molar-refractivity contribution in [2.24, 2.45) is 11.7 Å². The second-order valence-corrected chi connectivity index (χ2v) is 6.33. The lowest BCUT2D eigenvalue weighted by molar-refractivity contribution is -0.123. The average molecular weight is 327 g/mol. The molecular formula is C17H27ClN2O2. The van der Waals surface area contributed by atoms with E-state index in [2.05, 4.69) is 19.2 Å². The number of carbonyl (C=O) groups is 1. The van der Waals surface area contributed by atoms with Gasteiger partial charge in [-0.25, -0.2) is 0 Å². The Bertz CT molecular complexity index is 505. The van der Waals surface area contributed by atoms with Gasteiger partial charge in [0.1, 0.15) is 5.75 Å². The average Bonchev–Trinajstić information content (AvgIpc) is 3.32. The maximum Gasteiger partial charge on any atom is 0.221 e. The van der Waals surface area contributed by atoms with Crippen LogP contribution in [0.2, 0.25) is 0 Å². The molecule has 4 nitrogen and oxygen atoms in total. The van der Waals surface area contributed by atoms with Crippen LogP contribution in [0.25, 0.3) is 0 Å². The van der Waals surface area contributed by atoms with Crippen molar-refractivity contribution in [3.05, 3.63) is 29.8 Å². The van der Waals surface area contributed by atoms with E-state index in [4.69, 9.17) is 10.5 Å². The molecule has 2 unspecified atom stereocenters. The fraction of sp³-hybridized carbons (Fsp3) is 0.588. The van der Waals surface area contributed by atoms with Crippen LogP contribution in [-0.4, -0.2) is 25.1 Å². The van der Waals surface area contributed by atoms with Crippen LogP contribution in [0.1, 0.15) is 44.6 Å². The first-order valence-corrected chi connectivity index (χ1v) is 7.63. The number of methoxy groups -OCH3 is 1. The number of hydrogen-bond acceptors (Lipinski definition) is 3. The summed E-state index contributed by atoms with van der Waals surface area (Å²) >= 11 is 0. The second-order valence-electron chi connectivity index (χ2n) is 6.33. The van der Waals surface area contributed by atoms with Gasteiger partial charge in [-0.3, -0.25) is 4.79 Å². The number of hydrogen-bond donors (Lipinski definition) is 2. The molecule has 0 bridgehead atoms. The van der Waals surface area contributed by atoms with Crippen LogP contribution in [0, 0.1) is 5.92 Å². The topological polar surface area (TPSA) is 64.3 Å². The molecular weight excluding hydrogens is 300 g/mol. The lowest BCUT2D eigenvalue weighted by atomic mass is 9.93. The third-order valence-electron chi connectivity index (χ3n) is 4.48. The van der Waals surface area contributed by atoms with Gasteiger partial charge in [-0.1, -0.05) is 19.1 Å². The Labute approximate surface area is 139 Å². The maximum atomic E-state index is 12.3. The minimum Gasteiger partial charge on any atom is -0.497 e. The highest BCUT2D eigenvalue weighted by Gasteiger charge is 2.41. The molecule has 22 heavy (non-hydrogen) atoms. The van der Waals surface area contributed by atoms with Gasteiger partial charge < -0.3 is 15.8 Å². The molecule has 124 valence electrons. The number of rotatable bonds is 7. The van der Waals surface area contributed by atoms with E-state index in [0.29, 0.717) is 18.9 Å². The Morgan fingerprint density at radius 3 is 2.73 bits per heavy atom. The Morgan fingerprint density at radius 1 is 1.50 bits per heavy atom. The van der Waals surface area contributed by atoms with Crippen molar-refractivity contribution >= 4 is 18.3 Å². The number of ether oxygens (including phenoxy) is 1. The fourth-order valence-electron chi connectivity index (χ4n) is 2.75. The molecule has 0 saturated heterocycles. The summed E-state index contributed by atoms with van der Waals surface area (Å²) in [5.74, 6) is 1.59. The van der Waals surface area contributed by atoms with E-state index < -0.39 is 0 Å². The molecule has 1 fully saturated rings. The fourth-order valence-corrected chi connectivity index (χ4v) is 2.75. The van der Waals surface area contributed by atoms with Gasteiger partial charge in [0.05, 0.1) is 12.6 Å². The molecule has 5 heteroatoms. The standard InChI is InChI=1S/C17H26N2O2.ClH/c1-12(13-5-4-6-15(10-13)21-3)9-16(20)19-17(2,11-18)14-7-8-14;/h4-6,10,12,14H,7-9,11,18H2,1-3H3,(H,19,20);1H. The molecule has 0 heterocycles. The molecule has 1 saturated carbocycles. The zero-order valence-corrected chi connectivity index (χ0v) is 14.4. The third-order valence-corrected chi connectivity index (χ3v) is 4.48. The summed E-state index contributed by atoms with van der Waals surface area (Å²) in [4.78, 5) is 12.3. The van der Waals surface area contributed by atoms with E-state index in [0.717, 1.165) is 11.3 Å². The lowest BCUT2D eigenvalue weighted by Gasteiger charge is -2.30. The summed E-state index contributed by atoms with van der Waals surface area (Å²) in [7, 11) is 1.65. The highest BCUT2D eigenvalue weighted by molar-refractivity contribution is 5.85. The number of nitrogens with two attached hydrogens (primary N) is 1. The van der Waals surface area contributed by atoms with E-state index in [-0.39, 0.29) is 29.8 Å². The van der Waals surface area contributed by atoms with E-state index in [1.54, 1.807) is 7.11 Å². The zero-order valence-electron chi connectivity index (χ0n) is 13.6. The van der Waals surface area contributed by atoms with Crippen LogP contribution >= 0.6 is 12.4 Å². The summed E-state index contributed by atoms with van der Waals surface area (Å²) in [5, 5.41) is 3.14. The number of benzene rings is 1. The van der Waals surface area contributed by atoms with Crippen LogP contribution in [-0.2, 0) is 4.79 Å². The molecule has 1 aliphatic carbocycles. The summed E-state index contributed by atoms with van der Waals surface area (Å²) in [5.41, 5.74) is 6.72. The van der Waals surface area contributed by atoms with Crippen molar-refractivity contribution in [2.75, 3.05) is 13.7 Å². The van der Waals surface area contributed by atoms with Crippen molar-refractivity contribution in [1.29, 1.82) is 0 Å². The quantitative estimate of drug-likeness (QED) is 0.809. The van der Waals surface area contributed by atoms with Crippen LogP contribution < -0.4 is 15.8 Å². The van der Waals surface area contributed by atoms with Gasteiger partial charge in [-0.2, -0.15) is 0 Å². The van der Waals surface area contributed by atoms with Crippen LogP contribution in [0.15, 0.2) is 24.3 Å². The molecule has 2 atom stereocenters. The molecule has 1 aromatic rings. The Balaban J connectivity index is 0.00000242. The van der Waals surface area contributed by atoms with Gasteiger partial charge in [0.2, 0.25) is 5.91 Å². The van der Waals surface area contributed by atoms with Crippen LogP contribution in [0.3, 0.4) is 0 Å². The summed E-state index contributed by atoms with van der Waals surface area (Å²) < 4.78 is 5.23. The summed E-state index contributed by atoms with van der Waals surface area (Å²) in [6, 6.07) is 7.89. The number of nitrogens with one attached hydrogen (secondary N) is 1. The Hall–Kier alpha value is -1.26. The van der Waals surface area contributed by atoms with E-state index in [1.165, 1.54) is 12.8 Å². The second kappa shape index (κ2) is 7.84. The van der Waals surface area contributed by atoms with Gasteiger partial charge in [-0.05, 0) is 49.3 Å². The molecule has 1 amide bonds. The molecule has 3 N–H and O–H groups in total. The molecule has 1 aromatic carbocycles. The van der Waals surface area contributed by atoms with E-state index >= 15 is 0 Å². The van der Waals surface area contributed by atoms with Crippen LogP contribution in [0.4, 0.5) is 0 Å². The van der Waals surface area contributed by atoms with E-state index in [1.807, 2.05) is 24.3 Å². The molecule has 2 rings (SSSR count). The largest absolute Gasteiger partial charge is 0.497 e. The molecule has 0 aromatic heterocycles. The molecule has 0 radical (unpaired) electrons. The first-order valence-electron chi connectivity index (χ1n) is 7.63. The number of carbonyl (C=O) groups excluding carboxylic acids is 1. The maximum absolute atomic E-state index is 12.3. The monoisotopic (exact) mass is 326 g/mol. The smallest absolute Gasteiger partial charge is 0.221 e. The van der Waals surface area contributed by atoms with Crippen molar-refractivity contribution in [1.82, 2.24) is 5.32 Å². The van der Waals surface area contributed by atoms with Gasteiger partial charge in [-0.15, -0.1) is 12.4 Å². The van der Waals surface area contributed by atoms with Gasteiger partial charge >= 0.3 is 0 Å². The Morgan fingerprint density at radius 2 is 2.18 bits per heavy atom. The predicted molar refractivity (Wildman–Crippen MR) is 91.6 cm³/mol. The van der Waals surface area contributed by atoms with Crippen molar-refractivity contribution < 1.29 is 9.53 Å². The van der Waals surface area contributed by atoms with Crippen molar-refractivity contribution in [2.45, 2.75) is 44.6 Å². The highest BCUT2D eigenvalue weighted by atomic mass is 35.5. The zero-order chi connectivity index (χ0) is 15.5. The lowest BCUT2D eigenvalue weighted by Crippen LogP contribution is -2.53. The molecule has 1 aliphatic rings. The predicted octanol–water partition coefficient (Wildman–Crippen LogP) is 2.85. The third kappa shape index (κ3) is 4.62. The number of halogens is 1. The van der Waals surface area contributed by atoms with Gasteiger partial charge in [0, 0.05) is 13.0 Å². The highest BCUT2D eigenvalue weighted by Crippen LogP contribution is 2.39. The van der Waals surface area contributed by atoms with Crippen LogP contribution in [0.5, 0.6) is 5.75 Å². The Kier molecular flexibility index (Phi) is 6.69. The molecule has 0 spiro atoms. The number of amides is 1. The van der Waals surface area contributed by atoms with Gasteiger partial charge in [0.15, 0.2) is 0 Å². The van der Waals surface area contributed by atoms with Crippen molar-refractivity contribution in [3.8, 4) is 5.75 Å². The molecule has 0 aliphatic heterocycles. The summed E-state index contributed by atoms with van der Waals surface area (Å²) in [6.07, 6.45) is 2.80. The minimum absolute atomic E-state index is 0. The first kappa shape index (κ1) is 18.8. The SMILES string of the molecule is COc1cccc(C(C)CC(=O)NC(C)(CN)C2CC2)c1.Cl. The first-order chi connectivity index (χ1) is 9.98. The van der Waals surface area contributed by atoms with Crippen molar-refractivity contribution in [3.63, 3.8) is 0 Å². The summed E-state index contributed by atoms with van der Waals surface area (Å²) in [6.45, 7) is 4.61. The minimum atomic E-state index is -0.245. The normalized spacial score (nSPS) is 17.8.